The molecule has 0 amide bonds. The maximum Gasteiger partial charge on any atom is 0.125 e. The van der Waals surface area contributed by atoms with Crippen molar-refractivity contribution in [1.29, 1.82) is 5.26 Å². The molecule has 0 unspecified atom stereocenters. The number of hydrogen-bond donors (Lipinski definition) is 1. The van der Waals surface area contributed by atoms with E-state index in [1.54, 1.807) is 6.07 Å². The standard InChI is InChI=1S/C16H15FN2/c1-11-5-12(10-19-2)3-4-16(11)14-6-13(9-18)7-15(17)8-14/h3-8,19H,10H2,1-2H3. The minimum atomic E-state index is -0.382. The molecule has 0 spiro atoms. The fourth-order valence-corrected chi connectivity index (χ4v) is 2.17. The fraction of sp³-hybridized carbons (Fsp3) is 0.188. The molecule has 0 atom stereocenters. The van der Waals surface area contributed by atoms with Gasteiger partial charge in [0, 0.05) is 6.54 Å². The molecule has 0 bridgehead atoms. The van der Waals surface area contributed by atoms with Crippen LogP contribution < -0.4 is 5.32 Å². The first-order valence-corrected chi connectivity index (χ1v) is 6.09. The van der Waals surface area contributed by atoms with Crippen LogP contribution in [-0.2, 0) is 6.54 Å². The summed E-state index contributed by atoms with van der Waals surface area (Å²) in [6, 6.07) is 12.4. The van der Waals surface area contributed by atoms with E-state index in [-0.39, 0.29) is 5.82 Å². The van der Waals surface area contributed by atoms with E-state index in [4.69, 9.17) is 5.26 Å². The Balaban J connectivity index is 2.47. The van der Waals surface area contributed by atoms with Crippen molar-refractivity contribution in [3.05, 3.63) is 58.9 Å². The van der Waals surface area contributed by atoms with E-state index < -0.39 is 0 Å². The molecule has 2 aromatic carbocycles. The second-order valence-electron chi connectivity index (χ2n) is 4.52. The van der Waals surface area contributed by atoms with Crippen molar-refractivity contribution >= 4 is 0 Å². The molecule has 0 aliphatic heterocycles. The Kier molecular flexibility index (Phi) is 3.94. The van der Waals surface area contributed by atoms with Crippen molar-refractivity contribution in [3.8, 4) is 17.2 Å². The van der Waals surface area contributed by atoms with Crippen LogP contribution in [-0.4, -0.2) is 7.05 Å². The summed E-state index contributed by atoms with van der Waals surface area (Å²) < 4.78 is 13.5. The molecule has 0 radical (unpaired) electrons. The predicted octanol–water partition coefficient (Wildman–Crippen LogP) is 3.39. The highest BCUT2D eigenvalue weighted by molar-refractivity contribution is 5.69. The second-order valence-corrected chi connectivity index (χ2v) is 4.52. The zero-order chi connectivity index (χ0) is 13.8. The Morgan fingerprint density at radius 3 is 2.63 bits per heavy atom. The smallest absolute Gasteiger partial charge is 0.125 e. The Hall–Kier alpha value is -2.18. The molecule has 0 heterocycles. The minimum absolute atomic E-state index is 0.341. The Morgan fingerprint density at radius 1 is 1.21 bits per heavy atom. The van der Waals surface area contributed by atoms with Gasteiger partial charge in [0.15, 0.2) is 0 Å². The number of nitriles is 1. The van der Waals surface area contributed by atoms with E-state index >= 15 is 0 Å². The molecule has 0 fully saturated rings. The molecule has 19 heavy (non-hydrogen) atoms. The zero-order valence-corrected chi connectivity index (χ0v) is 11.0. The van der Waals surface area contributed by atoms with Gasteiger partial charge in [-0.05, 0) is 54.4 Å². The summed E-state index contributed by atoms with van der Waals surface area (Å²) in [5, 5.41) is 12.0. The van der Waals surface area contributed by atoms with Gasteiger partial charge in [-0.2, -0.15) is 5.26 Å². The van der Waals surface area contributed by atoms with Gasteiger partial charge in [-0.3, -0.25) is 0 Å². The lowest BCUT2D eigenvalue weighted by Gasteiger charge is -2.09. The van der Waals surface area contributed by atoms with Gasteiger partial charge in [0.25, 0.3) is 0 Å². The lowest BCUT2D eigenvalue weighted by Crippen LogP contribution is -2.05. The summed E-state index contributed by atoms with van der Waals surface area (Å²) >= 11 is 0. The lowest BCUT2D eigenvalue weighted by molar-refractivity contribution is 0.628. The summed E-state index contributed by atoms with van der Waals surface area (Å²) in [6.07, 6.45) is 0. The summed E-state index contributed by atoms with van der Waals surface area (Å²) in [5.74, 6) is -0.382. The zero-order valence-electron chi connectivity index (χ0n) is 11.0. The third-order valence-corrected chi connectivity index (χ3v) is 3.01. The molecule has 0 aromatic heterocycles. The van der Waals surface area contributed by atoms with E-state index in [0.29, 0.717) is 5.56 Å². The molecule has 0 saturated carbocycles. The van der Waals surface area contributed by atoms with Crippen molar-refractivity contribution in [2.45, 2.75) is 13.5 Å². The highest BCUT2D eigenvalue weighted by Crippen LogP contribution is 2.26. The van der Waals surface area contributed by atoms with Crippen molar-refractivity contribution in [1.82, 2.24) is 5.32 Å². The number of halogens is 1. The van der Waals surface area contributed by atoms with Gasteiger partial charge in [-0.15, -0.1) is 0 Å². The molecule has 1 N–H and O–H groups in total. The average molecular weight is 254 g/mol. The molecule has 2 nitrogen and oxygen atoms in total. The normalized spacial score (nSPS) is 10.2. The summed E-state index contributed by atoms with van der Waals surface area (Å²) in [4.78, 5) is 0. The summed E-state index contributed by atoms with van der Waals surface area (Å²) in [5.41, 5.74) is 4.29. The number of nitrogens with zero attached hydrogens (tertiary/aromatic N) is 1. The van der Waals surface area contributed by atoms with Crippen molar-refractivity contribution in [2.24, 2.45) is 0 Å². The minimum Gasteiger partial charge on any atom is -0.316 e. The van der Waals surface area contributed by atoms with Crippen LogP contribution in [0.3, 0.4) is 0 Å². The van der Waals surface area contributed by atoms with Gasteiger partial charge in [-0.1, -0.05) is 18.2 Å². The van der Waals surface area contributed by atoms with Crippen molar-refractivity contribution < 1.29 is 4.39 Å². The third kappa shape index (κ3) is 2.98. The first-order valence-electron chi connectivity index (χ1n) is 6.09. The second kappa shape index (κ2) is 5.64. The van der Waals surface area contributed by atoms with Gasteiger partial charge < -0.3 is 5.32 Å². The average Bonchev–Trinajstić information content (AvgIpc) is 2.38. The summed E-state index contributed by atoms with van der Waals surface area (Å²) in [7, 11) is 1.90. The first kappa shape index (κ1) is 13.3. The maximum absolute atomic E-state index is 13.5. The van der Waals surface area contributed by atoms with Crippen LogP contribution in [0.25, 0.3) is 11.1 Å². The fourth-order valence-electron chi connectivity index (χ4n) is 2.17. The predicted molar refractivity (Wildman–Crippen MR) is 74.1 cm³/mol. The molecule has 2 rings (SSSR count). The highest BCUT2D eigenvalue weighted by Gasteiger charge is 2.06. The molecule has 0 aliphatic rings. The maximum atomic E-state index is 13.5. The highest BCUT2D eigenvalue weighted by atomic mass is 19.1. The summed E-state index contributed by atoms with van der Waals surface area (Å²) in [6.45, 7) is 2.79. The Bertz CT molecular complexity index is 642. The van der Waals surface area contributed by atoms with Gasteiger partial charge in [-0.25, -0.2) is 4.39 Å². The molecule has 2 aromatic rings. The lowest BCUT2D eigenvalue weighted by atomic mass is 9.97. The number of aryl methyl sites for hydroxylation is 1. The molecule has 0 aliphatic carbocycles. The quantitative estimate of drug-likeness (QED) is 0.911. The van der Waals surface area contributed by atoms with Crippen LogP contribution >= 0.6 is 0 Å². The number of hydrogen-bond acceptors (Lipinski definition) is 2. The van der Waals surface area contributed by atoms with Crippen LogP contribution in [0, 0.1) is 24.1 Å². The number of rotatable bonds is 3. The number of benzene rings is 2. The van der Waals surface area contributed by atoms with Crippen LogP contribution in [0.2, 0.25) is 0 Å². The van der Waals surface area contributed by atoms with E-state index in [2.05, 4.69) is 11.4 Å². The van der Waals surface area contributed by atoms with E-state index in [1.165, 1.54) is 17.7 Å². The van der Waals surface area contributed by atoms with Crippen molar-refractivity contribution in [2.75, 3.05) is 7.05 Å². The van der Waals surface area contributed by atoms with Crippen LogP contribution in [0.5, 0.6) is 0 Å². The van der Waals surface area contributed by atoms with Gasteiger partial charge in [0.05, 0.1) is 11.6 Å². The monoisotopic (exact) mass is 254 g/mol. The van der Waals surface area contributed by atoms with Crippen molar-refractivity contribution in [3.63, 3.8) is 0 Å². The van der Waals surface area contributed by atoms with Gasteiger partial charge in [0.2, 0.25) is 0 Å². The molecule has 3 heteroatoms. The van der Waals surface area contributed by atoms with Crippen LogP contribution in [0.1, 0.15) is 16.7 Å². The molecule has 0 saturated heterocycles. The Labute approximate surface area is 112 Å². The Morgan fingerprint density at radius 2 is 2.00 bits per heavy atom. The van der Waals surface area contributed by atoms with Gasteiger partial charge in [0.1, 0.15) is 5.82 Å². The largest absolute Gasteiger partial charge is 0.316 e. The number of nitrogens with one attached hydrogen (secondary N) is 1. The molecule has 96 valence electrons. The van der Waals surface area contributed by atoms with E-state index in [1.807, 2.05) is 32.2 Å². The van der Waals surface area contributed by atoms with E-state index in [0.717, 1.165) is 23.2 Å². The topological polar surface area (TPSA) is 35.8 Å². The SMILES string of the molecule is CNCc1ccc(-c2cc(F)cc(C#N)c2)c(C)c1. The first-order chi connectivity index (χ1) is 9.13. The molecular weight excluding hydrogens is 239 g/mol. The van der Waals surface area contributed by atoms with Gasteiger partial charge >= 0.3 is 0 Å². The van der Waals surface area contributed by atoms with Crippen LogP contribution in [0.15, 0.2) is 36.4 Å². The van der Waals surface area contributed by atoms with Crippen LogP contribution in [0.4, 0.5) is 4.39 Å². The van der Waals surface area contributed by atoms with E-state index in [9.17, 15) is 4.39 Å². The third-order valence-electron chi connectivity index (χ3n) is 3.01. The molecular formula is C16H15FN2.